The average Bonchev–Trinajstić information content (AvgIpc) is 2.92. The molecule has 2 fully saturated rings. The van der Waals surface area contributed by atoms with Crippen molar-refractivity contribution in [3.8, 4) is 5.88 Å². The summed E-state index contributed by atoms with van der Waals surface area (Å²) in [5, 5.41) is 0. The van der Waals surface area contributed by atoms with Crippen LogP contribution >= 0.6 is 0 Å². The maximum absolute atomic E-state index is 6.07. The van der Waals surface area contributed by atoms with Crippen LogP contribution in [0.3, 0.4) is 0 Å². The fourth-order valence-corrected chi connectivity index (χ4v) is 3.56. The van der Waals surface area contributed by atoms with Gasteiger partial charge < -0.3 is 13.9 Å². The standard InChI is InChI=1S/C18H22N2O3/c1-14-5-6-16(22-14)11-20-12-18(13-20)10-15(7-9-21-18)23-17-4-2-3-8-19-17/h2-6,8,15H,7,9-13H2,1H3. The van der Waals surface area contributed by atoms with Crippen molar-refractivity contribution in [2.75, 3.05) is 19.7 Å². The van der Waals surface area contributed by atoms with Crippen molar-refractivity contribution < 1.29 is 13.9 Å². The monoisotopic (exact) mass is 314 g/mol. The maximum Gasteiger partial charge on any atom is 0.213 e. The van der Waals surface area contributed by atoms with Crippen LogP contribution in [0.2, 0.25) is 0 Å². The van der Waals surface area contributed by atoms with Crippen LogP contribution in [0.25, 0.3) is 0 Å². The van der Waals surface area contributed by atoms with E-state index in [1.165, 1.54) is 0 Å². The molecular formula is C18H22N2O3. The zero-order valence-corrected chi connectivity index (χ0v) is 13.4. The number of nitrogens with zero attached hydrogens (tertiary/aromatic N) is 2. The third-order valence-corrected chi connectivity index (χ3v) is 4.57. The van der Waals surface area contributed by atoms with Gasteiger partial charge in [-0.3, -0.25) is 4.90 Å². The van der Waals surface area contributed by atoms with Crippen molar-refractivity contribution in [2.45, 2.75) is 38.0 Å². The molecule has 5 heteroatoms. The van der Waals surface area contributed by atoms with E-state index in [0.717, 1.165) is 50.6 Å². The Morgan fingerprint density at radius 2 is 2.22 bits per heavy atom. The van der Waals surface area contributed by atoms with Gasteiger partial charge in [-0.05, 0) is 25.1 Å². The van der Waals surface area contributed by atoms with Crippen molar-refractivity contribution in [2.24, 2.45) is 0 Å². The zero-order valence-electron chi connectivity index (χ0n) is 13.4. The van der Waals surface area contributed by atoms with E-state index >= 15 is 0 Å². The van der Waals surface area contributed by atoms with E-state index in [0.29, 0.717) is 5.88 Å². The molecule has 2 saturated heterocycles. The molecule has 1 spiro atoms. The fourth-order valence-electron chi connectivity index (χ4n) is 3.56. The molecule has 1 atom stereocenters. The van der Waals surface area contributed by atoms with E-state index < -0.39 is 0 Å². The first-order valence-corrected chi connectivity index (χ1v) is 8.20. The molecule has 0 saturated carbocycles. The third-order valence-electron chi connectivity index (χ3n) is 4.57. The minimum absolute atomic E-state index is 0.0562. The lowest BCUT2D eigenvalue weighted by Gasteiger charge is -2.52. The second-order valence-corrected chi connectivity index (χ2v) is 6.59. The molecule has 0 amide bonds. The highest BCUT2D eigenvalue weighted by molar-refractivity contribution is 5.11. The molecule has 2 aliphatic rings. The first-order chi connectivity index (χ1) is 11.2. The van der Waals surface area contributed by atoms with E-state index in [4.69, 9.17) is 13.9 Å². The van der Waals surface area contributed by atoms with Gasteiger partial charge in [-0.15, -0.1) is 0 Å². The summed E-state index contributed by atoms with van der Waals surface area (Å²) in [6, 6.07) is 9.83. The average molecular weight is 314 g/mol. The van der Waals surface area contributed by atoms with Crippen molar-refractivity contribution >= 4 is 0 Å². The molecule has 5 nitrogen and oxygen atoms in total. The van der Waals surface area contributed by atoms with Gasteiger partial charge in [-0.2, -0.15) is 0 Å². The Balaban J connectivity index is 1.32. The number of furan rings is 1. The van der Waals surface area contributed by atoms with Gasteiger partial charge in [0.05, 0.1) is 18.8 Å². The molecular weight excluding hydrogens is 292 g/mol. The summed E-state index contributed by atoms with van der Waals surface area (Å²) in [7, 11) is 0. The van der Waals surface area contributed by atoms with Crippen molar-refractivity contribution in [3.63, 3.8) is 0 Å². The summed E-state index contributed by atoms with van der Waals surface area (Å²) >= 11 is 0. The van der Waals surface area contributed by atoms with E-state index in [1.54, 1.807) is 6.20 Å². The lowest BCUT2D eigenvalue weighted by atomic mass is 9.84. The Labute approximate surface area is 136 Å². The molecule has 4 rings (SSSR count). The van der Waals surface area contributed by atoms with Crippen LogP contribution in [0.5, 0.6) is 5.88 Å². The normalized spacial score (nSPS) is 23.6. The lowest BCUT2D eigenvalue weighted by molar-refractivity contribution is -0.189. The lowest BCUT2D eigenvalue weighted by Crippen LogP contribution is -2.65. The van der Waals surface area contributed by atoms with E-state index in [2.05, 4.69) is 16.0 Å². The van der Waals surface area contributed by atoms with Crippen molar-refractivity contribution in [1.29, 1.82) is 0 Å². The predicted octanol–water partition coefficient (Wildman–Crippen LogP) is 2.80. The van der Waals surface area contributed by atoms with Crippen molar-refractivity contribution in [3.05, 3.63) is 48.0 Å². The Morgan fingerprint density at radius 3 is 2.96 bits per heavy atom. The summed E-state index contributed by atoms with van der Waals surface area (Å²) in [5.41, 5.74) is -0.0562. The van der Waals surface area contributed by atoms with Crippen LogP contribution in [-0.4, -0.2) is 41.3 Å². The highest BCUT2D eigenvalue weighted by atomic mass is 16.5. The van der Waals surface area contributed by atoms with E-state index in [1.807, 2.05) is 31.2 Å². The number of likely N-dealkylation sites (tertiary alicyclic amines) is 1. The van der Waals surface area contributed by atoms with Crippen LogP contribution in [0.1, 0.15) is 24.4 Å². The molecule has 122 valence electrons. The second-order valence-electron chi connectivity index (χ2n) is 6.59. The van der Waals surface area contributed by atoms with Gasteiger partial charge in [0.2, 0.25) is 5.88 Å². The van der Waals surface area contributed by atoms with Crippen LogP contribution in [-0.2, 0) is 11.3 Å². The molecule has 23 heavy (non-hydrogen) atoms. The molecule has 2 aromatic heterocycles. The minimum atomic E-state index is -0.0562. The van der Waals surface area contributed by atoms with Gasteiger partial charge in [0.15, 0.2) is 0 Å². The molecule has 4 heterocycles. The third kappa shape index (κ3) is 3.26. The summed E-state index contributed by atoms with van der Waals surface area (Å²) in [6.45, 7) is 5.46. The Hall–Kier alpha value is -1.85. The molecule has 2 aliphatic heterocycles. The van der Waals surface area contributed by atoms with E-state index in [-0.39, 0.29) is 11.7 Å². The maximum atomic E-state index is 6.07. The first-order valence-electron chi connectivity index (χ1n) is 8.20. The second kappa shape index (κ2) is 5.98. The fraction of sp³-hybridized carbons (Fsp3) is 0.500. The van der Waals surface area contributed by atoms with Gasteiger partial charge in [-0.25, -0.2) is 4.98 Å². The molecule has 0 aromatic carbocycles. The summed E-state index contributed by atoms with van der Waals surface area (Å²) < 4.78 is 17.7. The summed E-state index contributed by atoms with van der Waals surface area (Å²) in [6.07, 6.45) is 3.81. The number of aromatic nitrogens is 1. The smallest absolute Gasteiger partial charge is 0.213 e. The van der Waals surface area contributed by atoms with Crippen LogP contribution in [0.15, 0.2) is 40.9 Å². The largest absolute Gasteiger partial charge is 0.474 e. The van der Waals surface area contributed by atoms with Crippen LogP contribution < -0.4 is 4.74 Å². The molecule has 2 aromatic rings. The predicted molar refractivity (Wildman–Crippen MR) is 85.3 cm³/mol. The molecule has 0 radical (unpaired) electrons. The zero-order chi connectivity index (χ0) is 15.7. The van der Waals surface area contributed by atoms with Gasteiger partial charge in [0.1, 0.15) is 17.6 Å². The SMILES string of the molecule is Cc1ccc(CN2CC3(CC(Oc4ccccn4)CCO3)C2)o1. The Morgan fingerprint density at radius 1 is 1.30 bits per heavy atom. The van der Waals surface area contributed by atoms with Gasteiger partial charge in [0.25, 0.3) is 0 Å². The quantitative estimate of drug-likeness (QED) is 0.868. The van der Waals surface area contributed by atoms with Crippen LogP contribution in [0.4, 0.5) is 0 Å². The molecule has 0 N–H and O–H groups in total. The number of hydrogen-bond acceptors (Lipinski definition) is 5. The number of ether oxygens (including phenoxy) is 2. The minimum Gasteiger partial charge on any atom is -0.474 e. The Kier molecular flexibility index (Phi) is 3.83. The number of hydrogen-bond donors (Lipinski definition) is 0. The van der Waals surface area contributed by atoms with Gasteiger partial charge in [0, 0.05) is 38.2 Å². The van der Waals surface area contributed by atoms with Crippen molar-refractivity contribution in [1.82, 2.24) is 9.88 Å². The highest BCUT2D eigenvalue weighted by Crippen LogP contribution is 2.36. The number of aryl methyl sites for hydroxylation is 1. The topological polar surface area (TPSA) is 47.7 Å². The Bertz CT molecular complexity index is 649. The summed E-state index contributed by atoms with van der Waals surface area (Å²) in [5.74, 6) is 2.69. The van der Waals surface area contributed by atoms with Gasteiger partial charge in [-0.1, -0.05) is 6.07 Å². The van der Waals surface area contributed by atoms with Gasteiger partial charge >= 0.3 is 0 Å². The highest BCUT2D eigenvalue weighted by Gasteiger charge is 2.48. The van der Waals surface area contributed by atoms with E-state index in [9.17, 15) is 0 Å². The summed E-state index contributed by atoms with van der Waals surface area (Å²) in [4.78, 5) is 6.61. The number of pyridine rings is 1. The number of rotatable bonds is 4. The molecule has 0 aliphatic carbocycles. The molecule has 0 bridgehead atoms. The van der Waals surface area contributed by atoms with Crippen LogP contribution in [0, 0.1) is 6.92 Å². The molecule has 1 unspecified atom stereocenters. The first kappa shape index (κ1) is 14.7.